The molecule has 2 aromatic rings. The fourth-order valence-electron chi connectivity index (χ4n) is 2.96. The van der Waals surface area contributed by atoms with E-state index in [-0.39, 0.29) is 5.56 Å². The summed E-state index contributed by atoms with van der Waals surface area (Å²) in [5.74, 6) is -0.0718. The number of aromatic carboxylic acids is 1. The van der Waals surface area contributed by atoms with Gasteiger partial charge in [0.15, 0.2) is 5.82 Å². The summed E-state index contributed by atoms with van der Waals surface area (Å²) in [4.78, 5) is 11.1. The quantitative estimate of drug-likeness (QED) is 0.688. The predicted molar refractivity (Wildman–Crippen MR) is 87.0 cm³/mol. The number of aromatic nitrogens is 3. The van der Waals surface area contributed by atoms with E-state index < -0.39 is 5.97 Å². The number of carboxylic acids is 1. The molecule has 7 heteroatoms. The van der Waals surface area contributed by atoms with E-state index in [9.17, 15) is 9.90 Å². The molecule has 0 bridgehead atoms. The van der Waals surface area contributed by atoms with Crippen molar-refractivity contribution in [3.8, 4) is 0 Å². The molecule has 0 spiro atoms. The first kappa shape index (κ1) is 15.6. The average Bonchev–Trinajstić information content (AvgIpc) is 2.94. The van der Waals surface area contributed by atoms with Crippen LogP contribution in [0.15, 0.2) is 29.4 Å². The minimum absolute atomic E-state index is 0.102. The molecule has 0 unspecified atom stereocenters. The van der Waals surface area contributed by atoms with Crippen LogP contribution in [0.4, 0.5) is 0 Å². The lowest BCUT2D eigenvalue weighted by Gasteiger charge is -2.19. The predicted octanol–water partition coefficient (Wildman–Crippen LogP) is 2.23. The molecule has 1 saturated carbocycles. The third kappa shape index (κ3) is 3.39. The first-order chi connectivity index (χ1) is 11.2. The zero-order valence-electron chi connectivity index (χ0n) is 12.6. The normalized spacial score (nSPS) is 16.0. The molecule has 0 saturated heterocycles. The molecule has 120 valence electrons. The minimum atomic E-state index is -1.23. The number of nitrogens with zero attached hydrogens (tertiary/aromatic N) is 3. The van der Waals surface area contributed by atoms with Gasteiger partial charge in [-0.15, -0.1) is 0 Å². The second kappa shape index (κ2) is 6.87. The molecular formula is C16H17N4O2S-. The smallest absolute Gasteiger partial charge is 0.216 e. The van der Waals surface area contributed by atoms with E-state index in [0.717, 1.165) is 18.7 Å². The van der Waals surface area contributed by atoms with E-state index >= 15 is 0 Å². The highest BCUT2D eigenvalue weighted by Gasteiger charge is 2.21. The number of H-pyrrole nitrogens is 1. The van der Waals surface area contributed by atoms with Gasteiger partial charge in [0.1, 0.15) is 0 Å². The molecule has 3 rings (SSSR count). The van der Waals surface area contributed by atoms with E-state index in [1.165, 1.54) is 31.5 Å². The molecule has 1 aromatic heterocycles. The summed E-state index contributed by atoms with van der Waals surface area (Å²) in [6, 6.07) is 6.58. The molecule has 0 atom stereocenters. The number of benzene rings is 1. The Morgan fingerprint density at radius 1 is 1.35 bits per heavy atom. The van der Waals surface area contributed by atoms with Crippen molar-refractivity contribution in [2.45, 2.75) is 38.0 Å². The van der Waals surface area contributed by atoms with Crippen molar-refractivity contribution in [2.75, 3.05) is 0 Å². The molecule has 1 aliphatic rings. The van der Waals surface area contributed by atoms with Gasteiger partial charge in [-0.2, -0.15) is 14.9 Å². The lowest BCUT2D eigenvalue weighted by molar-refractivity contribution is -0.255. The van der Waals surface area contributed by atoms with Crippen LogP contribution in [0.25, 0.3) is 0 Å². The summed E-state index contributed by atoms with van der Waals surface area (Å²) in [6.07, 6.45) is 7.26. The third-order valence-electron chi connectivity index (χ3n) is 4.14. The second-order valence-electron chi connectivity index (χ2n) is 5.65. The summed E-state index contributed by atoms with van der Waals surface area (Å²) in [7, 11) is 0. The van der Waals surface area contributed by atoms with Crippen molar-refractivity contribution in [1.82, 2.24) is 14.9 Å². The summed E-state index contributed by atoms with van der Waals surface area (Å²) >= 11 is 5.24. The maximum atomic E-state index is 11.1. The van der Waals surface area contributed by atoms with Crippen LogP contribution in [0.5, 0.6) is 0 Å². The first-order valence-electron chi connectivity index (χ1n) is 7.69. The van der Waals surface area contributed by atoms with Crippen LogP contribution in [0.3, 0.4) is 0 Å². The van der Waals surface area contributed by atoms with E-state index in [1.54, 1.807) is 22.9 Å². The molecule has 1 aromatic carbocycles. The van der Waals surface area contributed by atoms with E-state index in [2.05, 4.69) is 15.3 Å². The zero-order valence-corrected chi connectivity index (χ0v) is 13.4. The highest BCUT2D eigenvalue weighted by Crippen LogP contribution is 2.31. The summed E-state index contributed by atoms with van der Waals surface area (Å²) < 4.78 is 2.00. The Morgan fingerprint density at radius 3 is 2.83 bits per heavy atom. The van der Waals surface area contributed by atoms with E-state index in [1.807, 2.05) is 0 Å². The molecule has 0 aliphatic heterocycles. The average molecular weight is 329 g/mol. The van der Waals surface area contributed by atoms with Gasteiger partial charge < -0.3 is 9.90 Å². The van der Waals surface area contributed by atoms with Gasteiger partial charge in [-0.05, 0) is 25.1 Å². The number of rotatable bonds is 4. The van der Waals surface area contributed by atoms with Crippen LogP contribution in [0, 0.1) is 4.77 Å². The molecular weight excluding hydrogens is 312 g/mol. The van der Waals surface area contributed by atoms with E-state index in [4.69, 9.17) is 12.2 Å². The number of carboxylic acid groups (broad SMARTS) is 1. The summed E-state index contributed by atoms with van der Waals surface area (Å²) in [5.41, 5.74) is 0.579. The molecule has 1 N–H and O–H groups in total. The van der Waals surface area contributed by atoms with Crippen LogP contribution in [-0.4, -0.2) is 27.1 Å². The number of carbonyl (C=O) groups excluding carboxylic acids is 1. The number of hydrogen-bond donors (Lipinski definition) is 1. The van der Waals surface area contributed by atoms with Crippen LogP contribution in [0.1, 0.15) is 59.8 Å². The number of hydrogen-bond acceptors (Lipinski definition) is 5. The van der Waals surface area contributed by atoms with Crippen molar-refractivity contribution in [3.05, 3.63) is 46.0 Å². The molecule has 1 fully saturated rings. The summed E-state index contributed by atoms with van der Waals surface area (Å²) in [5, 5.41) is 22.6. The second-order valence-corrected chi connectivity index (χ2v) is 6.04. The van der Waals surface area contributed by atoms with Crippen molar-refractivity contribution in [3.63, 3.8) is 0 Å². The standard InChI is InChI=1S/C16H18N4O2S/c21-15(22)13-9-5-4-8-12(13)10-17-20-14(18-19-16(20)23)11-6-2-1-3-7-11/h4-5,8-11H,1-3,6-7H2,(H,19,23)(H,21,22)/p-1. The maximum absolute atomic E-state index is 11.1. The Bertz CT molecular complexity index is 787. The monoisotopic (exact) mass is 329 g/mol. The maximum Gasteiger partial charge on any atom is 0.216 e. The Hall–Kier alpha value is -2.28. The molecule has 6 nitrogen and oxygen atoms in total. The SMILES string of the molecule is O=C([O-])c1ccccc1C=Nn1c(C2CCCCC2)n[nH]c1=S. The van der Waals surface area contributed by atoms with Gasteiger partial charge in [-0.3, -0.25) is 5.10 Å². The van der Waals surface area contributed by atoms with Crippen molar-refractivity contribution >= 4 is 24.4 Å². The van der Waals surface area contributed by atoms with Gasteiger partial charge in [-0.25, -0.2) is 0 Å². The number of aromatic amines is 1. The van der Waals surface area contributed by atoms with Gasteiger partial charge in [0.2, 0.25) is 4.77 Å². The van der Waals surface area contributed by atoms with Crippen LogP contribution >= 0.6 is 12.2 Å². The highest BCUT2D eigenvalue weighted by molar-refractivity contribution is 7.71. The Kier molecular flexibility index (Phi) is 4.66. The van der Waals surface area contributed by atoms with Crippen LogP contribution in [0.2, 0.25) is 0 Å². The molecule has 23 heavy (non-hydrogen) atoms. The van der Waals surface area contributed by atoms with Gasteiger partial charge >= 0.3 is 0 Å². The summed E-state index contributed by atoms with van der Waals surface area (Å²) in [6.45, 7) is 0. The van der Waals surface area contributed by atoms with Crippen molar-refractivity contribution in [1.29, 1.82) is 0 Å². The van der Waals surface area contributed by atoms with Crippen molar-refractivity contribution in [2.24, 2.45) is 5.10 Å². The van der Waals surface area contributed by atoms with Crippen LogP contribution < -0.4 is 5.11 Å². The fraction of sp³-hybridized carbons (Fsp3) is 0.375. The molecule has 1 heterocycles. The third-order valence-corrected chi connectivity index (χ3v) is 4.40. The lowest BCUT2D eigenvalue weighted by Crippen LogP contribution is -2.23. The Balaban J connectivity index is 1.93. The topological polar surface area (TPSA) is 86.1 Å². The molecule has 1 aliphatic carbocycles. The van der Waals surface area contributed by atoms with Gasteiger partial charge in [0, 0.05) is 17.0 Å². The van der Waals surface area contributed by atoms with Gasteiger partial charge in [0.25, 0.3) is 0 Å². The molecule has 0 radical (unpaired) electrons. The van der Waals surface area contributed by atoms with Crippen molar-refractivity contribution < 1.29 is 9.90 Å². The number of nitrogens with one attached hydrogen (secondary N) is 1. The van der Waals surface area contributed by atoms with Gasteiger partial charge in [0.05, 0.1) is 12.2 Å². The number of carbonyl (C=O) groups is 1. The fourth-order valence-corrected chi connectivity index (χ4v) is 3.14. The Labute approximate surface area is 138 Å². The highest BCUT2D eigenvalue weighted by atomic mass is 32.1. The first-order valence-corrected chi connectivity index (χ1v) is 8.09. The largest absolute Gasteiger partial charge is 0.545 e. The Morgan fingerprint density at radius 2 is 2.09 bits per heavy atom. The minimum Gasteiger partial charge on any atom is -0.545 e. The van der Waals surface area contributed by atoms with Gasteiger partial charge in [-0.1, -0.05) is 43.5 Å². The van der Waals surface area contributed by atoms with E-state index in [0.29, 0.717) is 16.3 Å². The van der Waals surface area contributed by atoms with Crippen LogP contribution in [-0.2, 0) is 0 Å². The molecule has 0 amide bonds. The lowest BCUT2D eigenvalue weighted by atomic mass is 9.89. The zero-order chi connectivity index (χ0) is 16.2.